The van der Waals surface area contributed by atoms with Crippen molar-refractivity contribution in [3.05, 3.63) is 35.4 Å². The first kappa shape index (κ1) is 13.5. The third kappa shape index (κ3) is 3.55. The van der Waals surface area contributed by atoms with Gasteiger partial charge in [-0.1, -0.05) is 29.8 Å². The fourth-order valence-corrected chi connectivity index (χ4v) is 2.82. The molecule has 1 aliphatic heterocycles. The maximum atomic E-state index is 9.74. The normalized spacial score (nSPS) is 27.1. The van der Waals surface area contributed by atoms with E-state index in [0.717, 1.165) is 26.1 Å². The molecule has 3 unspecified atom stereocenters. The first-order valence-electron chi connectivity index (χ1n) is 6.76. The van der Waals surface area contributed by atoms with E-state index in [1.165, 1.54) is 11.1 Å². The van der Waals surface area contributed by atoms with Crippen molar-refractivity contribution in [1.82, 2.24) is 4.90 Å². The Hall–Kier alpha value is -0.900. The number of nitrogens with zero attached hydrogens (tertiary/aromatic N) is 1. The summed E-state index contributed by atoms with van der Waals surface area (Å²) >= 11 is 0. The van der Waals surface area contributed by atoms with E-state index in [9.17, 15) is 5.11 Å². The molecule has 1 aromatic rings. The van der Waals surface area contributed by atoms with Crippen molar-refractivity contribution < 1.29 is 5.11 Å². The van der Waals surface area contributed by atoms with E-state index in [1.807, 2.05) is 6.92 Å². The molecule has 1 aliphatic rings. The molecule has 1 aromatic carbocycles. The Morgan fingerprint density at radius 2 is 2.22 bits per heavy atom. The predicted octanol–water partition coefficient (Wildman–Crippen LogP) is 1.53. The highest BCUT2D eigenvalue weighted by molar-refractivity contribution is 5.22. The summed E-state index contributed by atoms with van der Waals surface area (Å²) in [7, 11) is 0. The number of benzene rings is 1. The van der Waals surface area contributed by atoms with Crippen molar-refractivity contribution in [3.8, 4) is 0 Å². The molecular formula is C15H24N2O. The van der Waals surface area contributed by atoms with Gasteiger partial charge in [0.05, 0.1) is 6.10 Å². The third-order valence-corrected chi connectivity index (χ3v) is 3.76. The Labute approximate surface area is 110 Å². The van der Waals surface area contributed by atoms with E-state index >= 15 is 0 Å². The number of piperidine rings is 1. The maximum absolute atomic E-state index is 9.74. The van der Waals surface area contributed by atoms with Gasteiger partial charge in [-0.25, -0.2) is 0 Å². The van der Waals surface area contributed by atoms with Gasteiger partial charge < -0.3 is 10.8 Å². The van der Waals surface area contributed by atoms with Crippen LogP contribution >= 0.6 is 0 Å². The minimum absolute atomic E-state index is 0.183. The van der Waals surface area contributed by atoms with Gasteiger partial charge in [0.25, 0.3) is 0 Å². The number of aliphatic hydroxyl groups is 1. The van der Waals surface area contributed by atoms with E-state index in [0.29, 0.717) is 5.92 Å². The van der Waals surface area contributed by atoms with Crippen LogP contribution in [0.2, 0.25) is 0 Å². The standard InChI is InChI=1S/C15H24N2O/c1-11-4-3-5-13(6-11)8-17-9-14(12(2)18)7-15(16)10-17/h3-6,12,14-15,18H,7-10,16H2,1-2H3. The topological polar surface area (TPSA) is 49.5 Å². The monoisotopic (exact) mass is 248 g/mol. The maximum Gasteiger partial charge on any atom is 0.0553 e. The summed E-state index contributed by atoms with van der Waals surface area (Å²) in [5, 5.41) is 9.74. The van der Waals surface area contributed by atoms with Gasteiger partial charge in [-0.05, 0) is 31.7 Å². The highest BCUT2D eigenvalue weighted by Crippen LogP contribution is 2.21. The molecule has 3 N–H and O–H groups in total. The summed E-state index contributed by atoms with van der Waals surface area (Å²) in [6, 6.07) is 8.77. The summed E-state index contributed by atoms with van der Waals surface area (Å²) in [6.45, 7) is 6.78. The van der Waals surface area contributed by atoms with Crippen LogP contribution in [0.4, 0.5) is 0 Å². The lowest BCUT2D eigenvalue weighted by atomic mass is 9.90. The molecule has 2 rings (SSSR count). The minimum Gasteiger partial charge on any atom is -0.393 e. The average Bonchev–Trinajstić information content (AvgIpc) is 2.28. The molecule has 3 nitrogen and oxygen atoms in total. The SMILES string of the molecule is Cc1cccc(CN2CC(N)CC(C(C)O)C2)c1. The molecule has 0 amide bonds. The van der Waals surface area contributed by atoms with Crippen LogP contribution in [0.3, 0.4) is 0 Å². The molecule has 0 aromatic heterocycles. The lowest BCUT2D eigenvalue weighted by Gasteiger charge is -2.37. The molecule has 18 heavy (non-hydrogen) atoms. The van der Waals surface area contributed by atoms with Crippen molar-refractivity contribution in [1.29, 1.82) is 0 Å². The van der Waals surface area contributed by atoms with E-state index in [4.69, 9.17) is 5.73 Å². The van der Waals surface area contributed by atoms with Gasteiger partial charge in [0.2, 0.25) is 0 Å². The molecule has 100 valence electrons. The lowest BCUT2D eigenvalue weighted by Crippen LogP contribution is -2.49. The van der Waals surface area contributed by atoms with Crippen molar-refractivity contribution in [2.75, 3.05) is 13.1 Å². The van der Waals surface area contributed by atoms with Gasteiger partial charge >= 0.3 is 0 Å². The van der Waals surface area contributed by atoms with Crippen LogP contribution in [0.1, 0.15) is 24.5 Å². The first-order valence-corrected chi connectivity index (χ1v) is 6.76. The number of hydrogen-bond donors (Lipinski definition) is 2. The summed E-state index contributed by atoms with van der Waals surface area (Å²) in [5.41, 5.74) is 8.70. The second kappa shape index (κ2) is 5.83. The minimum atomic E-state index is -0.267. The van der Waals surface area contributed by atoms with E-state index in [2.05, 4.69) is 36.1 Å². The summed E-state index contributed by atoms with van der Waals surface area (Å²) < 4.78 is 0. The Morgan fingerprint density at radius 1 is 1.44 bits per heavy atom. The van der Waals surface area contributed by atoms with Gasteiger partial charge in [-0.3, -0.25) is 4.90 Å². The fraction of sp³-hybridized carbons (Fsp3) is 0.600. The van der Waals surface area contributed by atoms with Gasteiger partial charge in [-0.2, -0.15) is 0 Å². The second-order valence-electron chi connectivity index (χ2n) is 5.68. The predicted molar refractivity (Wildman–Crippen MR) is 74.2 cm³/mol. The van der Waals surface area contributed by atoms with E-state index in [1.54, 1.807) is 0 Å². The number of nitrogens with two attached hydrogens (primary N) is 1. The molecule has 0 saturated carbocycles. The highest BCUT2D eigenvalue weighted by Gasteiger charge is 2.27. The molecule has 1 fully saturated rings. The number of aliphatic hydroxyl groups excluding tert-OH is 1. The summed E-state index contributed by atoms with van der Waals surface area (Å²) in [5.74, 6) is 0.304. The van der Waals surface area contributed by atoms with Crippen LogP contribution in [0.5, 0.6) is 0 Å². The molecular weight excluding hydrogens is 224 g/mol. The molecule has 3 heteroatoms. The molecule has 0 bridgehead atoms. The van der Waals surface area contributed by atoms with Crippen LogP contribution in [0.15, 0.2) is 24.3 Å². The van der Waals surface area contributed by atoms with E-state index in [-0.39, 0.29) is 12.1 Å². The van der Waals surface area contributed by atoms with Crippen molar-refractivity contribution >= 4 is 0 Å². The van der Waals surface area contributed by atoms with Gasteiger partial charge in [0.15, 0.2) is 0 Å². The smallest absolute Gasteiger partial charge is 0.0553 e. The zero-order valence-corrected chi connectivity index (χ0v) is 11.3. The Bertz CT molecular complexity index is 392. The summed E-state index contributed by atoms with van der Waals surface area (Å²) in [6.07, 6.45) is 0.665. The molecule has 0 aliphatic carbocycles. The Balaban J connectivity index is 2.00. The Morgan fingerprint density at radius 3 is 2.89 bits per heavy atom. The number of rotatable bonds is 3. The van der Waals surface area contributed by atoms with Crippen molar-refractivity contribution in [3.63, 3.8) is 0 Å². The van der Waals surface area contributed by atoms with Crippen LogP contribution in [-0.4, -0.2) is 35.2 Å². The van der Waals surface area contributed by atoms with Crippen LogP contribution in [0, 0.1) is 12.8 Å². The van der Waals surface area contributed by atoms with E-state index < -0.39 is 0 Å². The lowest BCUT2D eigenvalue weighted by molar-refractivity contribution is 0.0516. The highest BCUT2D eigenvalue weighted by atomic mass is 16.3. The van der Waals surface area contributed by atoms with Gasteiger partial charge in [0, 0.05) is 25.7 Å². The second-order valence-corrected chi connectivity index (χ2v) is 5.68. The van der Waals surface area contributed by atoms with Crippen LogP contribution in [-0.2, 0) is 6.54 Å². The first-order chi connectivity index (χ1) is 8.54. The molecule has 1 saturated heterocycles. The zero-order chi connectivity index (χ0) is 13.1. The molecule has 0 spiro atoms. The fourth-order valence-electron chi connectivity index (χ4n) is 2.82. The van der Waals surface area contributed by atoms with Crippen molar-refractivity contribution in [2.45, 2.75) is 39.0 Å². The number of likely N-dealkylation sites (tertiary alicyclic amines) is 1. The number of aryl methyl sites for hydroxylation is 1. The Kier molecular flexibility index (Phi) is 4.38. The van der Waals surface area contributed by atoms with Gasteiger partial charge in [0.1, 0.15) is 0 Å². The number of hydrogen-bond acceptors (Lipinski definition) is 3. The van der Waals surface area contributed by atoms with Crippen LogP contribution < -0.4 is 5.73 Å². The van der Waals surface area contributed by atoms with Crippen molar-refractivity contribution in [2.24, 2.45) is 11.7 Å². The van der Waals surface area contributed by atoms with Crippen LogP contribution in [0.25, 0.3) is 0 Å². The zero-order valence-electron chi connectivity index (χ0n) is 11.3. The summed E-state index contributed by atoms with van der Waals surface area (Å²) in [4.78, 5) is 2.36. The van der Waals surface area contributed by atoms with Gasteiger partial charge in [-0.15, -0.1) is 0 Å². The quantitative estimate of drug-likeness (QED) is 0.853. The molecule has 0 radical (unpaired) electrons. The largest absolute Gasteiger partial charge is 0.393 e. The molecule has 1 heterocycles. The average molecular weight is 248 g/mol. The molecule has 3 atom stereocenters. The third-order valence-electron chi connectivity index (χ3n) is 3.76.